The quantitative estimate of drug-likeness (QED) is 0.775. The van der Waals surface area contributed by atoms with Crippen molar-refractivity contribution in [3.8, 4) is 11.3 Å². The third-order valence-corrected chi connectivity index (χ3v) is 4.64. The maximum absolute atomic E-state index is 12.8. The molecule has 1 saturated heterocycles. The molecule has 25 heavy (non-hydrogen) atoms. The number of hydrogen-bond donors (Lipinski definition) is 1. The van der Waals surface area contributed by atoms with E-state index in [1.54, 1.807) is 11.1 Å². The normalized spacial score (nSPS) is 17.8. The number of hydrogen-bond acceptors (Lipinski definition) is 4. The van der Waals surface area contributed by atoms with Gasteiger partial charge in [-0.25, -0.2) is 4.52 Å². The van der Waals surface area contributed by atoms with Crippen LogP contribution in [0.4, 0.5) is 0 Å². The van der Waals surface area contributed by atoms with Crippen LogP contribution in [-0.2, 0) is 0 Å². The summed E-state index contributed by atoms with van der Waals surface area (Å²) in [6.07, 6.45) is 3.78. The molecule has 3 heterocycles. The second-order valence-electron chi connectivity index (χ2n) is 6.59. The molecule has 0 aliphatic carbocycles. The molecule has 0 bridgehead atoms. The molecule has 4 rings (SSSR count). The van der Waals surface area contributed by atoms with Crippen LogP contribution in [0.2, 0.25) is 0 Å². The number of aromatic nitrogens is 4. The van der Waals surface area contributed by atoms with Crippen LogP contribution in [0.15, 0.2) is 41.3 Å². The molecule has 1 aliphatic heterocycles. The summed E-state index contributed by atoms with van der Waals surface area (Å²) >= 11 is 0. The maximum Gasteiger partial charge on any atom is 0.276 e. The van der Waals surface area contributed by atoms with E-state index < -0.39 is 0 Å². The van der Waals surface area contributed by atoms with Crippen molar-refractivity contribution in [2.75, 3.05) is 13.1 Å². The molecule has 7 nitrogen and oxygen atoms in total. The SMILES string of the molecule is C[C@H]1CCCN(C(=O)c2nnn3cc(-c4ccccc4)[nH]c(=O)c23)C1. The lowest BCUT2D eigenvalue weighted by Crippen LogP contribution is -2.39. The van der Waals surface area contributed by atoms with Crippen LogP contribution in [0.3, 0.4) is 0 Å². The molecule has 0 saturated carbocycles. The van der Waals surface area contributed by atoms with Gasteiger partial charge in [-0.1, -0.05) is 42.5 Å². The fourth-order valence-corrected chi connectivity index (χ4v) is 3.36. The number of rotatable bonds is 2. The van der Waals surface area contributed by atoms with Gasteiger partial charge in [-0.05, 0) is 24.3 Å². The van der Waals surface area contributed by atoms with Gasteiger partial charge in [0.05, 0.1) is 11.9 Å². The average molecular weight is 337 g/mol. The molecule has 128 valence electrons. The standard InChI is InChI=1S/C18H19N5O2/c1-12-6-5-9-22(10-12)18(25)15-16-17(24)19-14(11-23(16)21-20-15)13-7-3-2-4-8-13/h2-4,7-8,11-12H,5-6,9-10H2,1H3,(H,19,24)/t12-/m0/s1. The molecular weight excluding hydrogens is 318 g/mol. The van der Waals surface area contributed by atoms with E-state index in [1.807, 2.05) is 30.3 Å². The Balaban J connectivity index is 1.75. The van der Waals surface area contributed by atoms with Gasteiger partial charge in [-0.15, -0.1) is 5.10 Å². The summed E-state index contributed by atoms with van der Waals surface area (Å²) in [7, 11) is 0. The van der Waals surface area contributed by atoms with Gasteiger partial charge in [0.25, 0.3) is 11.5 Å². The Morgan fingerprint density at radius 2 is 2.08 bits per heavy atom. The number of carbonyl (C=O) groups excluding carboxylic acids is 1. The number of likely N-dealkylation sites (tertiary alicyclic amines) is 1. The molecule has 3 aromatic rings. The zero-order valence-electron chi connectivity index (χ0n) is 14.0. The molecule has 1 fully saturated rings. The first-order valence-corrected chi connectivity index (χ1v) is 8.46. The number of aromatic amines is 1. The van der Waals surface area contributed by atoms with Crippen molar-refractivity contribution < 1.29 is 4.79 Å². The number of amides is 1. The van der Waals surface area contributed by atoms with Gasteiger partial charge in [0.2, 0.25) is 0 Å². The van der Waals surface area contributed by atoms with Crippen molar-refractivity contribution in [2.24, 2.45) is 5.92 Å². The second-order valence-corrected chi connectivity index (χ2v) is 6.59. The second kappa shape index (κ2) is 6.16. The Kier molecular flexibility index (Phi) is 3.83. The van der Waals surface area contributed by atoms with E-state index in [0.29, 0.717) is 24.7 Å². The molecule has 0 radical (unpaired) electrons. The molecule has 0 spiro atoms. The molecule has 0 unspecified atom stereocenters. The Morgan fingerprint density at radius 1 is 1.28 bits per heavy atom. The minimum absolute atomic E-state index is 0.120. The van der Waals surface area contributed by atoms with Gasteiger partial charge in [0.1, 0.15) is 0 Å². The van der Waals surface area contributed by atoms with Gasteiger partial charge in [-0.3, -0.25) is 9.59 Å². The zero-order chi connectivity index (χ0) is 17.4. The van der Waals surface area contributed by atoms with E-state index >= 15 is 0 Å². The summed E-state index contributed by atoms with van der Waals surface area (Å²) in [5.41, 5.74) is 1.46. The van der Waals surface area contributed by atoms with Crippen molar-refractivity contribution in [2.45, 2.75) is 19.8 Å². The highest BCUT2D eigenvalue weighted by molar-refractivity contribution is 5.98. The monoisotopic (exact) mass is 337 g/mol. The van der Waals surface area contributed by atoms with Gasteiger partial charge in [0, 0.05) is 13.1 Å². The molecular formula is C18H19N5O2. The predicted octanol–water partition coefficient (Wildman–Crippen LogP) is 1.96. The largest absolute Gasteiger partial charge is 0.337 e. The fraction of sp³-hybridized carbons (Fsp3) is 0.333. The van der Waals surface area contributed by atoms with E-state index in [9.17, 15) is 9.59 Å². The van der Waals surface area contributed by atoms with Crippen LogP contribution in [0.5, 0.6) is 0 Å². The maximum atomic E-state index is 12.8. The summed E-state index contributed by atoms with van der Waals surface area (Å²) < 4.78 is 1.39. The highest BCUT2D eigenvalue weighted by Crippen LogP contribution is 2.19. The third-order valence-electron chi connectivity index (χ3n) is 4.64. The fourth-order valence-electron chi connectivity index (χ4n) is 3.36. The van der Waals surface area contributed by atoms with Crippen LogP contribution in [-0.4, -0.2) is 43.7 Å². The number of nitrogens with one attached hydrogen (secondary N) is 1. The first-order chi connectivity index (χ1) is 12.1. The highest BCUT2D eigenvalue weighted by atomic mass is 16.2. The predicted molar refractivity (Wildman–Crippen MR) is 93.3 cm³/mol. The smallest absolute Gasteiger partial charge is 0.276 e. The molecule has 1 N–H and O–H groups in total. The first kappa shape index (κ1) is 15.6. The Hall–Kier alpha value is -2.96. The van der Waals surface area contributed by atoms with Gasteiger partial charge < -0.3 is 9.88 Å². The minimum atomic E-state index is -0.361. The van der Waals surface area contributed by atoms with Crippen LogP contribution in [0.25, 0.3) is 16.8 Å². The topological polar surface area (TPSA) is 83.4 Å². The first-order valence-electron chi connectivity index (χ1n) is 8.46. The lowest BCUT2D eigenvalue weighted by molar-refractivity contribution is 0.0679. The third kappa shape index (κ3) is 2.82. The van der Waals surface area contributed by atoms with Gasteiger partial charge in [-0.2, -0.15) is 0 Å². The molecule has 1 aromatic carbocycles. The van der Waals surface area contributed by atoms with Crippen molar-refractivity contribution in [3.05, 3.63) is 52.6 Å². The van der Waals surface area contributed by atoms with Crippen LogP contribution < -0.4 is 5.56 Å². The Morgan fingerprint density at radius 3 is 2.84 bits per heavy atom. The van der Waals surface area contributed by atoms with Crippen molar-refractivity contribution in [1.82, 2.24) is 24.7 Å². The minimum Gasteiger partial charge on any atom is -0.337 e. The van der Waals surface area contributed by atoms with E-state index in [-0.39, 0.29) is 22.7 Å². The highest BCUT2D eigenvalue weighted by Gasteiger charge is 2.27. The van der Waals surface area contributed by atoms with E-state index in [0.717, 1.165) is 18.4 Å². The van der Waals surface area contributed by atoms with Crippen molar-refractivity contribution >= 4 is 11.4 Å². The van der Waals surface area contributed by atoms with Crippen molar-refractivity contribution in [1.29, 1.82) is 0 Å². The molecule has 2 aromatic heterocycles. The van der Waals surface area contributed by atoms with Crippen LogP contribution >= 0.6 is 0 Å². The molecule has 1 aliphatic rings. The zero-order valence-corrected chi connectivity index (χ0v) is 14.0. The van der Waals surface area contributed by atoms with Crippen LogP contribution in [0.1, 0.15) is 30.3 Å². The summed E-state index contributed by atoms with van der Waals surface area (Å²) in [6, 6.07) is 9.49. The van der Waals surface area contributed by atoms with Crippen LogP contribution in [0, 0.1) is 5.92 Å². The average Bonchev–Trinajstić information content (AvgIpc) is 3.06. The summed E-state index contributed by atoms with van der Waals surface area (Å²) in [5, 5.41) is 7.99. The number of fused-ring (bicyclic) bond motifs is 1. The number of H-pyrrole nitrogens is 1. The van der Waals surface area contributed by atoms with Crippen molar-refractivity contribution in [3.63, 3.8) is 0 Å². The van der Waals surface area contributed by atoms with E-state index in [1.165, 1.54) is 4.52 Å². The van der Waals surface area contributed by atoms with E-state index in [4.69, 9.17) is 0 Å². The Labute approximate surface area is 144 Å². The lowest BCUT2D eigenvalue weighted by atomic mass is 10.00. The number of nitrogens with zero attached hydrogens (tertiary/aromatic N) is 4. The number of piperidine rings is 1. The summed E-state index contributed by atoms with van der Waals surface area (Å²) in [5.74, 6) is 0.238. The molecule has 7 heteroatoms. The van der Waals surface area contributed by atoms with Gasteiger partial charge >= 0.3 is 0 Å². The summed E-state index contributed by atoms with van der Waals surface area (Å²) in [6.45, 7) is 3.52. The Bertz CT molecular complexity index is 976. The molecule has 1 atom stereocenters. The number of benzene rings is 1. The molecule has 1 amide bonds. The summed E-state index contributed by atoms with van der Waals surface area (Å²) in [4.78, 5) is 30.0. The lowest BCUT2D eigenvalue weighted by Gasteiger charge is -2.30. The number of carbonyl (C=O) groups is 1. The van der Waals surface area contributed by atoms with Gasteiger partial charge in [0.15, 0.2) is 11.2 Å². The van der Waals surface area contributed by atoms with E-state index in [2.05, 4.69) is 22.2 Å².